The molecule has 0 bridgehead atoms. The third-order valence-electron chi connectivity index (χ3n) is 3.82. The Morgan fingerprint density at radius 3 is 2.95 bits per heavy atom. The highest BCUT2D eigenvalue weighted by molar-refractivity contribution is 5.29. The van der Waals surface area contributed by atoms with Crippen molar-refractivity contribution >= 4 is 5.78 Å². The van der Waals surface area contributed by atoms with Gasteiger partial charge in [-0.25, -0.2) is 9.97 Å². The van der Waals surface area contributed by atoms with Gasteiger partial charge in [-0.2, -0.15) is 0 Å². The first-order chi connectivity index (χ1) is 9.15. The number of imidazole rings is 1. The van der Waals surface area contributed by atoms with Crippen molar-refractivity contribution in [3.63, 3.8) is 0 Å². The van der Waals surface area contributed by atoms with Crippen LogP contribution in [0.2, 0.25) is 0 Å². The van der Waals surface area contributed by atoms with Gasteiger partial charge in [0.05, 0.1) is 11.3 Å². The summed E-state index contributed by atoms with van der Waals surface area (Å²) in [6.07, 6.45) is 9.82. The van der Waals surface area contributed by atoms with E-state index in [9.17, 15) is 5.11 Å². The molecule has 0 atom stereocenters. The number of aromatic nitrogens is 3. The van der Waals surface area contributed by atoms with E-state index in [0.717, 1.165) is 43.7 Å². The topological polar surface area (TPSA) is 53.7 Å². The molecular formula is C14H20N4O. The molecule has 0 saturated heterocycles. The van der Waals surface area contributed by atoms with Crippen LogP contribution in [0.3, 0.4) is 0 Å². The van der Waals surface area contributed by atoms with Crippen LogP contribution in [0.4, 0.5) is 0 Å². The number of likely N-dealkylation sites (N-methyl/N-ethyl adjacent to an activating group) is 1. The standard InChI is InChI=1S/C14H20N4O/c1-17(11-14(19)5-2-3-6-14)9-12-10-18-8-4-7-15-13(18)16-12/h4,7-8,10,19H,2-3,5-6,9,11H2,1H3. The first-order valence-corrected chi connectivity index (χ1v) is 6.84. The smallest absolute Gasteiger partial charge is 0.233 e. The second-order valence-corrected chi connectivity index (χ2v) is 5.66. The molecule has 5 nitrogen and oxygen atoms in total. The molecule has 102 valence electrons. The van der Waals surface area contributed by atoms with Crippen LogP contribution in [0.5, 0.6) is 0 Å². The Morgan fingerprint density at radius 1 is 1.42 bits per heavy atom. The zero-order valence-corrected chi connectivity index (χ0v) is 11.3. The van der Waals surface area contributed by atoms with Gasteiger partial charge in [-0.05, 0) is 26.0 Å². The second-order valence-electron chi connectivity index (χ2n) is 5.66. The van der Waals surface area contributed by atoms with Crippen molar-refractivity contribution in [3.05, 3.63) is 30.4 Å². The van der Waals surface area contributed by atoms with Gasteiger partial charge in [-0.15, -0.1) is 0 Å². The van der Waals surface area contributed by atoms with Crippen molar-refractivity contribution in [1.82, 2.24) is 19.3 Å². The maximum absolute atomic E-state index is 10.4. The lowest BCUT2D eigenvalue weighted by atomic mass is 10.0. The van der Waals surface area contributed by atoms with E-state index >= 15 is 0 Å². The average molecular weight is 260 g/mol. The Bertz CT molecular complexity index is 526. The van der Waals surface area contributed by atoms with Gasteiger partial charge >= 0.3 is 0 Å². The van der Waals surface area contributed by atoms with Gasteiger partial charge in [0.1, 0.15) is 0 Å². The van der Waals surface area contributed by atoms with Gasteiger partial charge in [-0.3, -0.25) is 9.30 Å². The number of hydrogen-bond acceptors (Lipinski definition) is 4. The molecule has 19 heavy (non-hydrogen) atoms. The Balaban J connectivity index is 1.67. The maximum atomic E-state index is 10.4. The van der Waals surface area contributed by atoms with Crippen LogP contribution >= 0.6 is 0 Å². The Morgan fingerprint density at radius 2 is 2.21 bits per heavy atom. The maximum Gasteiger partial charge on any atom is 0.233 e. The van der Waals surface area contributed by atoms with Crippen LogP contribution in [0, 0.1) is 0 Å². The lowest BCUT2D eigenvalue weighted by Crippen LogP contribution is -2.38. The molecule has 1 fully saturated rings. The van der Waals surface area contributed by atoms with Crippen molar-refractivity contribution in [2.75, 3.05) is 13.6 Å². The third-order valence-corrected chi connectivity index (χ3v) is 3.82. The normalized spacial score (nSPS) is 18.5. The number of hydrogen-bond donors (Lipinski definition) is 1. The molecule has 1 N–H and O–H groups in total. The van der Waals surface area contributed by atoms with E-state index in [4.69, 9.17) is 0 Å². The largest absolute Gasteiger partial charge is 0.389 e. The van der Waals surface area contributed by atoms with E-state index in [0.29, 0.717) is 6.54 Å². The summed E-state index contributed by atoms with van der Waals surface area (Å²) in [5.41, 5.74) is 0.495. The molecule has 1 aliphatic carbocycles. The lowest BCUT2D eigenvalue weighted by molar-refractivity contribution is 0.0143. The molecule has 0 spiro atoms. The Labute approximate surface area is 112 Å². The van der Waals surface area contributed by atoms with Gasteiger partial charge in [0.2, 0.25) is 5.78 Å². The van der Waals surface area contributed by atoms with Crippen molar-refractivity contribution in [3.8, 4) is 0 Å². The van der Waals surface area contributed by atoms with Crippen molar-refractivity contribution in [2.24, 2.45) is 0 Å². The predicted octanol–water partition coefficient (Wildman–Crippen LogP) is 1.47. The van der Waals surface area contributed by atoms with Gasteiger partial charge in [0, 0.05) is 31.7 Å². The summed E-state index contributed by atoms with van der Waals surface area (Å²) in [7, 11) is 2.04. The predicted molar refractivity (Wildman–Crippen MR) is 72.7 cm³/mol. The molecule has 2 aromatic rings. The summed E-state index contributed by atoms with van der Waals surface area (Å²) in [5.74, 6) is 0.727. The summed E-state index contributed by atoms with van der Waals surface area (Å²) >= 11 is 0. The highest BCUT2D eigenvalue weighted by atomic mass is 16.3. The molecule has 0 aromatic carbocycles. The fourth-order valence-corrected chi connectivity index (χ4v) is 2.98. The minimum atomic E-state index is -0.494. The molecule has 1 aliphatic rings. The van der Waals surface area contributed by atoms with Gasteiger partial charge in [0.15, 0.2) is 0 Å². The molecule has 0 aliphatic heterocycles. The van der Waals surface area contributed by atoms with Crippen LogP contribution in [-0.4, -0.2) is 43.6 Å². The summed E-state index contributed by atoms with van der Waals surface area (Å²) in [6, 6.07) is 1.89. The fourth-order valence-electron chi connectivity index (χ4n) is 2.98. The third kappa shape index (κ3) is 2.77. The lowest BCUT2D eigenvalue weighted by Gasteiger charge is -2.28. The summed E-state index contributed by atoms with van der Waals surface area (Å²) < 4.78 is 1.92. The zero-order valence-electron chi connectivity index (χ0n) is 11.3. The first-order valence-electron chi connectivity index (χ1n) is 6.84. The minimum absolute atomic E-state index is 0.494. The van der Waals surface area contributed by atoms with E-state index in [1.54, 1.807) is 6.20 Å². The Hall–Kier alpha value is -1.46. The first kappa shape index (κ1) is 12.6. The fraction of sp³-hybridized carbons (Fsp3) is 0.571. The number of fused-ring (bicyclic) bond motifs is 1. The van der Waals surface area contributed by atoms with Crippen LogP contribution in [0.1, 0.15) is 31.4 Å². The molecule has 0 radical (unpaired) electrons. The van der Waals surface area contributed by atoms with Gasteiger partial charge in [-0.1, -0.05) is 12.8 Å². The molecule has 1 saturated carbocycles. The molecule has 0 amide bonds. The molecule has 2 aromatic heterocycles. The highest BCUT2D eigenvalue weighted by Gasteiger charge is 2.32. The van der Waals surface area contributed by atoms with E-state index in [1.165, 1.54) is 0 Å². The van der Waals surface area contributed by atoms with Crippen molar-refractivity contribution in [1.29, 1.82) is 0 Å². The number of aliphatic hydroxyl groups is 1. The van der Waals surface area contributed by atoms with Crippen LogP contribution < -0.4 is 0 Å². The van der Waals surface area contributed by atoms with E-state index in [1.807, 2.05) is 29.9 Å². The van der Waals surface area contributed by atoms with Gasteiger partial charge in [0.25, 0.3) is 0 Å². The summed E-state index contributed by atoms with van der Waals surface area (Å²) in [5, 5.41) is 10.4. The number of rotatable bonds is 4. The van der Waals surface area contributed by atoms with E-state index in [2.05, 4.69) is 14.9 Å². The summed E-state index contributed by atoms with van der Waals surface area (Å²) in [6.45, 7) is 1.46. The highest BCUT2D eigenvalue weighted by Crippen LogP contribution is 2.30. The quantitative estimate of drug-likeness (QED) is 0.904. The summed E-state index contributed by atoms with van der Waals surface area (Å²) in [4.78, 5) is 10.8. The van der Waals surface area contributed by atoms with Gasteiger partial charge < -0.3 is 5.11 Å². The van der Waals surface area contributed by atoms with Crippen molar-refractivity contribution in [2.45, 2.75) is 37.8 Å². The number of nitrogens with zero attached hydrogens (tertiary/aromatic N) is 4. The molecular weight excluding hydrogens is 240 g/mol. The monoisotopic (exact) mass is 260 g/mol. The van der Waals surface area contributed by atoms with E-state index < -0.39 is 5.60 Å². The van der Waals surface area contributed by atoms with E-state index in [-0.39, 0.29) is 0 Å². The van der Waals surface area contributed by atoms with Crippen LogP contribution in [0.25, 0.3) is 5.78 Å². The average Bonchev–Trinajstić information content (AvgIpc) is 2.94. The minimum Gasteiger partial charge on any atom is -0.389 e. The molecule has 2 heterocycles. The molecule has 0 unspecified atom stereocenters. The van der Waals surface area contributed by atoms with Crippen LogP contribution in [-0.2, 0) is 6.54 Å². The second kappa shape index (κ2) is 4.90. The van der Waals surface area contributed by atoms with Crippen molar-refractivity contribution < 1.29 is 5.11 Å². The zero-order chi connectivity index (χ0) is 13.3. The SMILES string of the molecule is CN(Cc1cn2cccnc2n1)CC1(O)CCCC1. The molecule has 3 rings (SSSR count). The Kier molecular flexibility index (Phi) is 3.24. The van der Waals surface area contributed by atoms with Crippen LogP contribution in [0.15, 0.2) is 24.7 Å². The molecule has 5 heteroatoms.